The number of aryl methyl sites for hydroxylation is 3. The molecule has 0 amide bonds. The lowest BCUT2D eigenvalue weighted by molar-refractivity contribution is 0.0626. The molecule has 2 aromatic rings. The maximum atomic E-state index is 10.5. The van der Waals surface area contributed by atoms with Crippen LogP contribution < -0.4 is 4.74 Å². The number of fused-ring (bicyclic) bond motifs is 1. The first kappa shape index (κ1) is 17.6. The number of rotatable bonds is 6. The summed E-state index contributed by atoms with van der Waals surface area (Å²) in [5.74, 6) is 1.95. The number of imidazole rings is 1. The molecule has 0 bridgehead atoms. The third-order valence-electron chi connectivity index (χ3n) is 5.62. The van der Waals surface area contributed by atoms with Crippen LogP contribution in [0.1, 0.15) is 54.5 Å². The number of aromatic nitrogens is 2. The van der Waals surface area contributed by atoms with Gasteiger partial charge in [-0.05, 0) is 63.6 Å². The lowest BCUT2D eigenvalue weighted by atomic mass is 10.0. The molecule has 0 spiro atoms. The molecule has 2 N–H and O–H groups in total. The van der Waals surface area contributed by atoms with Crippen molar-refractivity contribution in [3.63, 3.8) is 0 Å². The fourth-order valence-electron chi connectivity index (χ4n) is 4.22. The number of ether oxygens (including phenoxy) is 1. The normalized spacial score (nSPS) is 21.5. The van der Waals surface area contributed by atoms with Crippen LogP contribution in [-0.4, -0.2) is 45.8 Å². The monoisotopic (exact) mass is 355 g/mol. The number of H-pyrrole nitrogens is 1. The van der Waals surface area contributed by atoms with Crippen molar-refractivity contribution in [2.75, 3.05) is 19.7 Å². The van der Waals surface area contributed by atoms with Gasteiger partial charge in [-0.15, -0.1) is 0 Å². The van der Waals surface area contributed by atoms with Crippen molar-refractivity contribution in [2.24, 2.45) is 0 Å². The summed E-state index contributed by atoms with van der Waals surface area (Å²) in [5, 5.41) is 10.5. The van der Waals surface area contributed by atoms with Gasteiger partial charge in [0.2, 0.25) is 0 Å². The van der Waals surface area contributed by atoms with Crippen LogP contribution in [0.15, 0.2) is 24.3 Å². The molecule has 0 unspecified atom stereocenters. The van der Waals surface area contributed by atoms with E-state index in [9.17, 15) is 5.11 Å². The van der Waals surface area contributed by atoms with Gasteiger partial charge < -0.3 is 14.8 Å². The number of aliphatic hydroxyl groups is 1. The standard InChI is InChI=1S/C21H29N3O2/c1-15-7-2-5-11-20(15)26-14-16(25)13-24-12-6-10-19(24)21-22-17-8-3-4-9-18(17)23-21/h2,5,7,11,16,19,25H,3-4,6,8-10,12-14H2,1H3,(H,22,23)/t16-,19-/m1/s1. The Balaban J connectivity index is 1.36. The third-order valence-corrected chi connectivity index (χ3v) is 5.62. The van der Waals surface area contributed by atoms with Gasteiger partial charge in [0, 0.05) is 12.2 Å². The van der Waals surface area contributed by atoms with E-state index in [1.165, 1.54) is 24.2 Å². The number of aromatic amines is 1. The quantitative estimate of drug-likeness (QED) is 0.835. The number of para-hydroxylation sites is 1. The average molecular weight is 355 g/mol. The molecule has 2 aliphatic rings. The van der Waals surface area contributed by atoms with Crippen molar-refractivity contribution in [3.05, 3.63) is 47.0 Å². The molecule has 2 atom stereocenters. The first-order chi connectivity index (χ1) is 12.7. The van der Waals surface area contributed by atoms with Gasteiger partial charge in [-0.1, -0.05) is 18.2 Å². The fourth-order valence-corrected chi connectivity index (χ4v) is 4.22. The SMILES string of the molecule is Cc1ccccc1OC[C@H](O)CN1CCC[C@@H]1c1nc2c([nH]1)CCCC2. The van der Waals surface area contributed by atoms with E-state index in [1.807, 2.05) is 31.2 Å². The molecular weight excluding hydrogens is 326 g/mol. The molecule has 0 radical (unpaired) electrons. The topological polar surface area (TPSA) is 61.4 Å². The van der Waals surface area contributed by atoms with Crippen molar-refractivity contribution < 1.29 is 9.84 Å². The van der Waals surface area contributed by atoms with Gasteiger partial charge in [0.1, 0.15) is 24.3 Å². The molecule has 5 heteroatoms. The second-order valence-electron chi connectivity index (χ2n) is 7.64. The number of nitrogens with zero attached hydrogens (tertiary/aromatic N) is 2. The molecule has 1 aliphatic heterocycles. The van der Waals surface area contributed by atoms with E-state index < -0.39 is 6.10 Å². The second-order valence-corrected chi connectivity index (χ2v) is 7.64. The van der Waals surface area contributed by atoms with Crippen LogP contribution in [0.5, 0.6) is 5.75 Å². The second kappa shape index (κ2) is 7.80. The number of nitrogens with one attached hydrogen (secondary N) is 1. The average Bonchev–Trinajstić information content (AvgIpc) is 3.27. The molecule has 1 aromatic carbocycles. The number of likely N-dealkylation sites (tertiary alicyclic amines) is 1. The highest BCUT2D eigenvalue weighted by molar-refractivity contribution is 5.31. The minimum atomic E-state index is -0.500. The van der Waals surface area contributed by atoms with Crippen LogP contribution in [0.4, 0.5) is 0 Å². The Hall–Kier alpha value is -1.85. The van der Waals surface area contributed by atoms with Crippen LogP contribution >= 0.6 is 0 Å². The highest BCUT2D eigenvalue weighted by Gasteiger charge is 2.31. The van der Waals surface area contributed by atoms with Crippen LogP contribution in [-0.2, 0) is 12.8 Å². The van der Waals surface area contributed by atoms with E-state index in [2.05, 4.69) is 9.88 Å². The van der Waals surface area contributed by atoms with E-state index in [-0.39, 0.29) is 0 Å². The van der Waals surface area contributed by atoms with Gasteiger partial charge in [-0.25, -0.2) is 4.98 Å². The van der Waals surface area contributed by atoms with Gasteiger partial charge in [0.15, 0.2) is 0 Å². The Morgan fingerprint density at radius 1 is 1.27 bits per heavy atom. The smallest absolute Gasteiger partial charge is 0.124 e. The molecule has 1 fully saturated rings. The Labute approximate surface area is 155 Å². The first-order valence-corrected chi connectivity index (χ1v) is 9.89. The van der Waals surface area contributed by atoms with E-state index in [4.69, 9.17) is 9.72 Å². The zero-order valence-electron chi connectivity index (χ0n) is 15.6. The summed E-state index contributed by atoms with van der Waals surface area (Å²) in [6.07, 6.45) is 6.50. The molecule has 1 aromatic heterocycles. The van der Waals surface area contributed by atoms with E-state index in [0.29, 0.717) is 19.2 Å². The van der Waals surface area contributed by atoms with Crippen molar-refractivity contribution in [1.29, 1.82) is 0 Å². The molecule has 1 saturated heterocycles. The number of hydrogen-bond donors (Lipinski definition) is 2. The molecule has 5 nitrogen and oxygen atoms in total. The van der Waals surface area contributed by atoms with E-state index in [0.717, 1.165) is 49.4 Å². The minimum Gasteiger partial charge on any atom is -0.491 e. The summed E-state index contributed by atoms with van der Waals surface area (Å²) in [6.45, 7) is 3.99. The van der Waals surface area contributed by atoms with Crippen molar-refractivity contribution in [1.82, 2.24) is 14.9 Å². The largest absolute Gasteiger partial charge is 0.491 e. The minimum absolute atomic E-state index is 0.300. The number of hydrogen-bond acceptors (Lipinski definition) is 4. The predicted molar refractivity (Wildman–Crippen MR) is 101 cm³/mol. The maximum Gasteiger partial charge on any atom is 0.124 e. The van der Waals surface area contributed by atoms with Gasteiger partial charge in [0.05, 0.1) is 11.7 Å². The van der Waals surface area contributed by atoms with E-state index >= 15 is 0 Å². The number of β-amino-alcohol motifs (C(OH)–C–C–N with tert-alkyl or cyclic N) is 1. The fraction of sp³-hybridized carbons (Fsp3) is 0.571. The van der Waals surface area contributed by atoms with Crippen LogP contribution in [0, 0.1) is 6.92 Å². The maximum absolute atomic E-state index is 10.5. The van der Waals surface area contributed by atoms with Crippen molar-refractivity contribution in [2.45, 2.75) is 57.6 Å². The van der Waals surface area contributed by atoms with Crippen molar-refractivity contribution in [3.8, 4) is 5.75 Å². The van der Waals surface area contributed by atoms with Gasteiger partial charge in [0.25, 0.3) is 0 Å². The zero-order chi connectivity index (χ0) is 17.9. The summed E-state index contributed by atoms with van der Waals surface area (Å²) in [4.78, 5) is 10.8. The molecule has 4 rings (SSSR count). The molecule has 140 valence electrons. The summed E-state index contributed by atoms with van der Waals surface area (Å²) >= 11 is 0. The van der Waals surface area contributed by atoms with Gasteiger partial charge in [-0.2, -0.15) is 0 Å². The molecule has 26 heavy (non-hydrogen) atoms. The Bertz CT molecular complexity index is 719. The highest BCUT2D eigenvalue weighted by Crippen LogP contribution is 2.32. The van der Waals surface area contributed by atoms with Crippen LogP contribution in [0.2, 0.25) is 0 Å². The Morgan fingerprint density at radius 3 is 2.96 bits per heavy atom. The summed E-state index contributed by atoms with van der Waals surface area (Å²) < 4.78 is 5.82. The highest BCUT2D eigenvalue weighted by atomic mass is 16.5. The van der Waals surface area contributed by atoms with Crippen molar-refractivity contribution >= 4 is 0 Å². The zero-order valence-corrected chi connectivity index (χ0v) is 15.6. The molecular formula is C21H29N3O2. The summed E-state index contributed by atoms with van der Waals surface area (Å²) in [5.41, 5.74) is 3.70. The molecule has 0 saturated carbocycles. The Morgan fingerprint density at radius 2 is 2.12 bits per heavy atom. The van der Waals surface area contributed by atoms with Gasteiger partial charge >= 0.3 is 0 Å². The van der Waals surface area contributed by atoms with Crippen LogP contribution in [0.25, 0.3) is 0 Å². The Kier molecular flexibility index (Phi) is 5.27. The third kappa shape index (κ3) is 3.79. The summed E-state index contributed by atoms with van der Waals surface area (Å²) in [6, 6.07) is 8.24. The number of aliphatic hydroxyl groups excluding tert-OH is 1. The number of benzene rings is 1. The lowest BCUT2D eigenvalue weighted by Gasteiger charge is -2.25. The van der Waals surface area contributed by atoms with Gasteiger partial charge in [-0.3, -0.25) is 4.90 Å². The molecule has 2 heterocycles. The first-order valence-electron chi connectivity index (χ1n) is 9.89. The van der Waals surface area contributed by atoms with E-state index in [1.54, 1.807) is 0 Å². The lowest BCUT2D eigenvalue weighted by Crippen LogP contribution is -2.35. The predicted octanol–water partition coefficient (Wildman–Crippen LogP) is 3.17. The molecule has 1 aliphatic carbocycles. The van der Waals surface area contributed by atoms with Crippen LogP contribution in [0.3, 0.4) is 0 Å². The summed E-state index contributed by atoms with van der Waals surface area (Å²) in [7, 11) is 0.